The van der Waals surface area contributed by atoms with Crippen molar-refractivity contribution in [1.82, 2.24) is 9.88 Å². The molecule has 0 radical (unpaired) electrons. The van der Waals surface area contributed by atoms with Crippen molar-refractivity contribution in [3.63, 3.8) is 0 Å². The molecule has 2 rings (SSSR count). The maximum Gasteiger partial charge on any atom is 0.355 e. The number of hydrogen-bond acceptors (Lipinski definition) is 4. The summed E-state index contributed by atoms with van der Waals surface area (Å²) in [5.41, 5.74) is 1.42. The van der Waals surface area contributed by atoms with Gasteiger partial charge in [0.25, 0.3) is 0 Å². The number of carboxylic acids is 1. The Bertz CT molecular complexity index is 539. The SMILES string of the molecule is CN(CCc1nc(C(=O)O)cs1)Cc1ccccc1. The highest BCUT2D eigenvalue weighted by atomic mass is 32.1. The summed E-state index contributed by atoms with van der Waals surface area (Å²) in [5.74, 6) is -0.958. The molecular weight excluding hydrogens is 260 g/mol. The minimum atomic E-state index is -0.958. The average Bonchev–Trinajstić information content (AvgIpc) is 2.86. The third kappa shape index (κ3) is 4.15. The summed E-state index contributed by atoms with van der Waals surface area (Å²) in [7, 11) is 2.05. The largest absolute Gasteiger partial charge is 0.476 e. The first-order chi connectivity index (χ1) is 9.15. The van der Waals surface area contributed by atoms with E-state index in [9.17, 15) is 4.79 Å². The molecule has 0 unspecified atom stereocenters. The lowest BCUT2D eigenvalue weighted by atomic mass is 10.2. The van der Waals surface area contributed by atoms with E-state index >= 15 is 0 Å². The number of aromatic carboxylic acids is 1. The molecule has 100 valence electrons. The van der Waals surface area contributed by atoms with Crippen molar-refractivity contribution < 1.29 is 9.90 Å². The molecule has 0 aliphatic rings. The van der Waals surface area contributed by atoms with E-state index in [2.05, 4.69) is 29.1 Å². The van der Waals surface area contributed by atoms with Gasteiger partial charge in [-0.15, -0.1) is 11.3 Å². The zero-order valence-electron chi connectivity index (χ0n) is 10.7. The van der Waals surface area contributed by atoms with E-state index in [4.69, 9.17) is 5.11 Å². The minimum absolute atomic E-state index is 0.144. The molecule has 4 nitrogen and oxygen atoms in total. The number of rotatable bonds is 6. The number of nitrogens with zero attached hydrogens (tertiary/aromatic N) is 2. The Hall–Kier alpha value is -1.72. The number of carbonyl (C=O) groups is 1. The van der Waals surface area contributed by atoms with Crippen molar-refractivity contribution in [2.24, 2.45) is 0 Å². The van der Waals surface area contributed by atoms with Crippen LogP contribution >= 0.6 is 11.3 Å². The summed E-state index contributed by atoms with van der Waals surface area (Å²) in [6.45, 7) is 1.75. The molecule has 0 aliphatic heterocycles. The van der Waals surface area contributed by atoms with Crippen LogP contribution in [-0.4, -0.2) is 34.6 Å². The summed E-state index contributed by atoms with van der Waals surface area (Å²) >= 11 is 1.41. The van der Waals surface area contributed by atoms with Gasteiger partial charge in [0.15, 0.2) is 5.69 Å². The Kier molecular flexibility index (Phi) is 4.65. The Morgan fingerprint density at radius 2 is 2.11 bits per heavy atom. The molecule has 1 aromatic heterocycles. The fourth-order valence-electron chi connectivity index (χ4n) is 1.78. The molecule has 0 saturated heterocycles. The number of aromatic nitrogens is 1. The van der Waals surface area contributed by atoms with E-state index in [1.54, 1.807) is 5.38 Å². The quantitative estimate of drug-likeness (QED) is 0.881. The highest BCUT2D eigenvalue weighted by Crippen LogP contribution is 2.11. The fourth-order valence-corrected chi connectivity index (χ4v) is 2.55. The molecule has 0 atom stereocenters. The smallest absolute Gasteiger partial charge is 0.355 e. The van der Waals surface area contributed by atoms with Crippen LogP contribution in [0.25, 0.3) is 0 Å². The fraction of sp³-hybridized carbons (Fsp3) is 0.286. The Morgan fingerprint density at radius 3 is 2.74 bits per heavy atom. The summed E-state index contributed by atoms with van der Waals surface area (Å²) in [4.78, 5) is 17.0. The van der Waals surface area contributed by atoms with Crippen molar-refractivity contribution in [1.29, 1.82) is 0 Å². The van der Waals surface area contributed by atoms with Gasteiger partial charge in [0.05, 0.1) is 5.01 Å². The van der Waals surface area contributed by atoms with E-state index in [-0.39, 0.29) is 5.69 Å². The third-order valence-electron chi connectivity index (χ3n) is 2.77. The number of thiazole rings is 1. The molecular formula is C14H16N2O2S. The van der Waals surface area contributed by atoms with Gasteiger partial charge in [0.1, 0.15) is 0 Å². The lowest BCUT2D eigenvalue weighted by Crippen LogP contribution is -2.20. The van der Waals surface area contributed by atoms with E-state index in [1.165, 1.54) is 16.9 Å². The van der Waals surface area contributed by atoms with Crippen molar-refractivity contribution in [2.45, 2.75) is 13.0 Å². The minimum Gasteiger partial charge on any atom is -0.476 e. The topological polar surface area (TPSA) is 53.4 Å². The number of carboxylic acid groups (broad SMARTS) is 1. The summed E-state index contributed by atoms with van der Waals surface area (Å²) in [6.07, 6.45) is 0.779. The van der Waals surface area contributed by atoms with Crippen LogP contribution in [-0.2, 0) is 13.0 Å². The highest BCUT2D eigenvalue weighted by Gasteiger charge is 2.09. The molecule has 0 aliphatic carbocycles. The van der Waals surface area contributed by atoms with Gasteiger partial charge in [-0.25, -0.2) is 9.78 Å². The maximum absolute atomic E-state index is 10.7. The number of likely N-dealkylation sites (N-methyl/N-ethyl adjacent to an activating group) is 1. The van der Waals surface area contributed by atoms with Gasteiger partial charge >= 0.3 is 5.97 Å². The predicted octanol–water partition coefficient (Wildman–Crippen LogP) is 2.52. The number of hydrogen-bond donors (Lipinski definition) is 1. The van der Waals surface area contributed by atoms with Crippen molar-refractivity contribution in [3.8, 4) is 0 Å². The average molecular weight is 276 g/mol. The van der Waals surface area contributed by atoms with Crippen LogP contribution in [0, 0.1) is 0 Å². The van der Waals surface area contributed by atoms with Crippen LogP contribution in [0.1, 0.15) is 21.1 Å². The Balaban J connectivity index is 1.83. The van der Waals surface area contributed by atoms with Crippen molar-refractivity contribution >= 4 is 17.3 Å². The zero-order chi connectivity index (χ0) is 13.7. The Labute approximate surface area is 116 Å². The molecule has 0 bridgehead atoms. The first-order valence-electron chi connectivity index (χ1n) is 6.05. The van der Waals surface area contributed by atoms with Gasteiger partial charge in [-0.05, 0) is 12.6 Å². The molecule has 0 spiro atoms. The molecule has 1 heterocycles. The Morgan fingerprint density at radius 1 is 1.37 bits per heavy atom. The van der Waals surface area contributed by atoms with E-state index in [1.807, 2.05) is 18.2 Å². The summed E-state index contributed by atoms with van der Waals surface area (Å²) < 4.78 is 0. The van der Waals surface area contributed by atoms with Crippen molar-refractivity contribution in [3.05, 3.63) is 52.0 Å². The van der Waals surface area contributed by atoms with Crippen LogP contribution in [0.5, 0.6) is 0 Å². The van der Waals surface area contributed by atoms with Gasteiger partial charge in [-0.1, -0.05) is 30.3 Å². The monoisotopic (exact) mass is 276 g/mol. The second-order valence-corrected chi connectivity index (χ2v) is 5.35. The van der Waals surface area contributed by atoms with Crippen LogP contribution in [0.15, 0.2) is 35.7 Å². The molecule has 2 aromatic rings. The van der Waals surface area contributed by atoms with Gasteiger partial charge in [-0.2, -0.15) is 0 Å². The van der Waals surface area contributed by atoms with Gasteiger partial charge in [0, 0.05) is 24.9 Å². The van der Waals surface area contributed by atoms with Crippen molar-refractivity contribution in [2.75, 3.05) is 13.6 Å². The second-order valence-electron chi connectivity index (χ2n) is 4.41. The lowest BCUT2D eigenvalue weighted by molar-refractivity contribution is 0.0691. The molecule has 0 fully saturated rings. The second kappa shape index (κ2) is 6.45. The predicted molar refractivity (Wildman–Crippen MR) is 75.6 cm³/mol. The van der Waals surface area contributed by atoms with Gasteiger partial charge in [0.2, 0.25) is 0 Å². The standard InChI is InChI=1S/C14H16N2O2S/c1-16(9-11-5-3-2-4-6-11)8-7-13-15-12(10-19-13)14(17)18/h2-6,10H,7-9H2,1H3,(H,17,18). The van der Waals surface area contributed by atoms with Crippen LogP contribution < -0.4 is 0 Å². The maximum atomic E-state index is 10.7. The first kappa shape index (κ1) is 13.7. The van der Waals surface area contributed by atoms with Crippen LogP contribution in [0.2, 0.25) is 0 Å². The highest BCUT2D eigenvalue weighted by molar-refractivity contribution is 7.09. The molecule has 19 heavy (non-hydrogen) atoms. The number of benzene rings is 1. The van der Waals surface area contributed by atoms with Crippen LogP contribution in [0.3, 0.4) is 0 Å². The molecule has 0 saturated carbocycles. The third-order valence-corrected chi connectivity index (χ3v) is 3.68. The normalized spacial score (nSPS) is 10.8. The molecule has 1 aromatic carbocycles. The zero-order valence-corrected chi connectivity index (χ0v) is 11.6. The summed E-state index contributed by atoms with van der Waals surface area (Å²) in [5, 5.41) is 11.3. The molecule has 1 N–H and O–H groups in total. The summed E-state index contributed by atoms with van der Waals surface area (Å²) in [6, 6.07) is 10.3. The first-order valence-corrected chi connectivity index (χ1v) is 6.93. The van der Waals surface area contributed by atoms with Gasteiger partial charge < -0.3 is 10.0 Å². The van der Waals surface area contributed by atoms with E-state index in [0.717, 1.165) is 24.5 Å². The molecule has 5 heteroatoms. The molecule has 0 amide bonds. The van der Waals surface area contributed by atoms with Gasteiger partial charge in [-0.3, -0.25) is 0 Å². The van der Waals surface area contributed by atoms with E-state index < -0.39 is 5.97 Å². The lowest BCUT2D eigenvalue weighted by Gasteiger charge is -2.15. The van der Waals surface area contributed by atoms with E-state index in [0.29, 0.717) is 0 Å². The van der Waals surface area contributed by atoms with Crippen LogP contribution in [0.4, 0.5) is 0 Å².